The predicted octanol–water partition coefficient (Wildman–Crippen LogP) is 2.15. The summed E-state index contributed by atoms with van der Waals surface area (Å²) in [5.74, 6) is 0.495. The van der Waals surface area contributed by atoms with Gasteiger partial charge in [0, 0.05) is 0 Å². The molecule has 0 saturated carbocycles. The first kappa shape index (κ1) is 9.69. The molecule has 2 nitrogen and oxygen atoms in total. The molecular formula is C12H16O2. The predicted molar refractivity (Wildman–Crippen MR) is 54.9 cm³/mol. The van der Waals surface area contributed by atoms with Crippen LogP contribution >= 0.6 is 0 Å². The van der Waals surface area contributed by atoms with E-state index >= 15 is 0 Å². The summed E-state index contributed by atoms with van der Waals surface area (Å²) in [4.78, 5) is 0. The first-order valence-corrected chi connectivity index (χ1v) is 5.12. The highest BCUT2D eigenvalue weighted by atomic mass is 16.5. The largest absolute Gasteiger partial charge is 0.394 e. The Balaban J connectivity index is 2.13. The van der Waals surface area contributed by atoms with Gasteiger partial charge in [-0.1, -0.05) is 37.3 Å². The Morgan fingerprint density at radius 2 is 2.07 bits per heavy atom. The molecule has 0 bridgehead atoms. The third-order valence-electron chi connectivity index (χ3n) is 2.82. The quantitative estimate of drug-likeness (QED) is 0.778. The van der Waals surface area contributed by atoms with E-state index in [4.69, 9.17) is 9.84 Å². The Hall–Kier alpha value is -0.860. The van der Waals surface area contributed by atoms with Crippen molar-refractivity contribution in [2.45, 2.75) is 25.6 Å². The van der Waals surface area contributed by atoms with E-state index < -0.39 is 0 Å². The molecule has 2 heteroatoms. The van der Waals surface area contributed by atoms with E-state index in [2.05, 4.69) is 19.1 Å². The first-order valence-electron chi connectivity index (χ1n) is 5.12. The number of aliphatic hydroxyl groups is 1. The maximum absolute atomic E-state index is 9.02. The fourth-order valence-electron chi connectivity index (χ4n) is 2.10. The number of hydrogen-bond donors (Lipinski definition) is 1. The van der Waals surface area contributed by atoms with Gasteiger partial charge in [0.15, 0.2) is 0 Å². The van der Waals surface area contributed by atoms with Gasteiger partial charge >= 0.3 is 0 Å². The molecule has 0 aromatic heterocycles. The summed E-state index contributed by atoms with van der Waals surface area (Å²) in [6.45, 7) is 2.31. The van der Waals surface area contributed by atoms with Crippen LogP contribution in [0.2, 0.25) is 0 Å². The molecule has 1 aliphatic rings. The Kier molecular flexibility index (Phi) is 2.85. The maximum Gasteiger partial charge on any atom is 0.0856 e. The van der Waals surface area contributed by atoms with Crippen molar-refractivity contribution in [3.8, 4) is 0 Å². The molecule has 3 atom stereocenters. The van der Waals surface area contributed by atoms with Crippen molar-refractivity contribution >= 4 is 0 Å². The summed E-state index contributed by atoms with van der Waals surface area (Å²) in [6.07, 6.45) is 1.14. The second-order valence-corrected chi connectivity index (χ2v) is 3.98. The molecule has 0 radical (unpaired) electrons. The minimum absolute atomic E-state index is 0.0233. The molecule has 1 N–H and O–H groups in total. The minimum Gasteiger partial charge on any atom is -0.394 e. The topological polar surface area (TPSA) is 29.5 Å². The lowest BCUT2D eigenvalue weighted by atomic mass is 9.96. The molecule has 1 aromatic rings. The maximum atomic E-state index is 9.02. The molecule has 76 valence electrons. The fraction of sp³-hybridized carbons (Fsp3) is 0.500. The molecule has 1 saturated heterocycles. The molecule has 14 heavy (non-hydrogen) atoms. The lowest BCUT2D eigenvalue weighted by Crippen LogP contribution is -2.10. The van der Waals surface area contributed by atoms with E-state index in [1.54, 1.807) is 0 Å². The highest BCUT2D eigenvalue weighted by Gasteiger charge is 2.32. The monoisotopic (exact) mass is 192 g/mol. The van der Waals surface area contributed by atoms with Crippen LogP contribution in [-0.2, 0) is 4.74 Å². The van der Waals surface area contributed by atoms with Crippen LogP contribution in [0.4, 0.5) is 0 Å². The van der Waals surface area contributed by atoms with Crippen LogP contribution in [0.25, 0.3) is 0 Å². The van der Waals surface area contributed by atoms with Gasteiger partial charge in [0.2, 0.25) is 0 Å². The highest BCUT2D eigenvalue weighted by molar-refractivity contribution is 5.19. The van der Waals surface area contributed by atoms with Crippen molar-refractivity contribution in [1.82, 2.24) is 0 Å². The van der Waals surface area contributed by atoms with Gasteiger partial charge in [0.1, 0.15) is 0 Å². The Labute approximate surface area is 84.5 Å². The average molecular weight is 192 g/mol. The van der Waals surface area contributed by atoms with Crippen LogP contribution in [0.15, 0.2) is 30.3 Å². The Morgan fingerprint density at radius 1 is 1.36 bits per heavy atom. The highest BCUT2D eigenvalue weighted by Crippen LogP contribution is 2.37. The van der Waals surface area contributed by atoms with Crippen LogP contribution in [0, 0.1) is 5.92 Å². The zero-order valence-corrected chi connectivity index (χ0v) is 8.39. The summed E-state index contributed by atoms with van der Waals surface area (Å²) in [5, 5.41) is 9.02. The molecule has 1 aromatic carbocycles. The molecule has 1 heterocycles. The zero-order chi connectivity index (χ0) is 9.97. The number of ether oxygens (including phenoxy) is 1. The van der Waals surface area contributed by atoms with Gasteiger partial charge in [-0.3, -0.25) is 0 Å². The Morgan fingerprint density at radius 3 is 2.64 bits per heavy atom. The SMILES string of the molecule is CC1CC(CO)OC1c1ccccc1. The van der Waals surface area contributed by atoms with Crippen molar-refractivity contribution in [2.75, 3.05) is 6.61 Å². The van der Waals surface area contributed by atoms with E-state index in [1.165, 1.54) is 5.56 Å². The third kappa shape index (κ3) is 1.81. The van der Waals surface area contributed by atoms with E-state index in [0.29, 0.717) is 5.92 Å². The number of aliphatic hydroxyl groups excluding tert-OH is 1. The van der Waals surface area contributed by atoms with Gasteiger partial charge in [-0.15, -0.1) is 0 Å². The van der Waals surface area contributed by atoms with E-state index in [0.717, 1.165) is 6.42 Å². The molecule has 0 amide bonds. The van der Waals surface area contributed by atoms with Crippen molar-refractivity contribution in [1.29, 1.82) is 0 Å². The standard InChI is InChI=1S/C12H16O2/c1-9-7-11(8-13)14-12(9)10-5-3-2-4-6-10/h2-6,9,11-13H,7-8H2,1H3. The van der Waals surface area contributed by atoms with E-state index in [9.17, 15) is 0 Å². The summed E-state index contributed by atoms with van der Waals surface area (Å²) < 4.78 is 5.76. The minimum atomic E-state index is 0.0233. The molecule has 1 aliphatic heterocycles. The molecular weight excluding hydrogens is 176 g/mol. The second-order valence-electron chi connectivity index (χ2n) is 3.98. The summed E-state index contributed by atoms with van der Waals surface area (Å²) in [7, 11) is 0. The molecule has 0 spiro atoms. The van der Waals surface area contributed by atoms with Gasteiger partial charge in [-0.2, -0.15) is 0 Å². The van der Waals surface area contributed by atoms with Gasteiger partial charge in [0.25, 0.3) is 0 Å². The molecule has 2 rings (SSSR count). The van der Waals surface area contributed by atoms with Crippen molar-refractivity contribution in [3.05, 3.63) is 35.9 Å². The zero-order valence-electron chi connectivity index (χ0n) is 8.39. The Bertz CT molecular complexity index is 284. The average Bonchev–Trinajstić information content (AvgIpc) is 2.61. The van der Waals surface area contributed by atoms with E-state index in [1.807, 2.05) is 18.2 Å². The number of rotatable bonds is 2. The van der Waals surface area contributed by atoms with Gasteiger partial charge in [-0.25, -0.2) is 0 Å². The fourth-order valence-corrected chi connectivity index (χ4v) is 2.10. The third-order valence-corrected chi connectivity index (χ3v) is 2.82. The van der Waals surface area contributed by atoms with Crippen molar-refractivity contribution < 1.29 is 9.84 Å². The van der Waals surface area contributed by atoms with Crippen molar-refractivity contribution in [2.24, 2.45) is 5.92 Å². The summed E-state index contributed by atoms with van der Waals surface area (Å²) in [5.41, 5.74) is 1.22. The molecule has 1 fully saturated rings. The lowest BCUT2D eigenvalue weighted by molar-refractivity contribution is 0.00520. The van der Waals surface area contributed by atoms with E-state index in [-0.39, 0.29) is 18.8 Å². The lowest BCUT2D eigenvalue weighted by Gasteiger charge is -2.15. The molecule has 0 aliphatic carbocycles. The van der Waals surface area contributed by atoms with Crippen LogP contribution in [-0.4, -0.2) is 17.8 Å². The van der Waals surface area contributed by atoms with Crippen LogP contribution in [0.5, 0.6) is 0 Å². The van der Waals surface area contributed by atoms with Crippen LogP contribution in [0.3, 0.4) is 0 Å². The number of benzene rings is 1. The van der Waals surface area contributed by atoms with Gasteiger partial charge in [0.05, 0.1) is 18.8 Å². The normalized spacial score (nSPS) is 32.0. The first-order chi connectivity index (χ1) is 6.81. The molecule has 3 unspecified atom stereocenters. The number of hydrogen-bond acceptors (Lipinski definition) is 2. The van der Waals surface area contributed by atoms with Crippen molar-refractivity contribution in [3.63, 3.8) is 0 Å². The van der Waals surface area contributed by atoms with Crippen LogP contribution in [0.1, 0.15) is 25.0 Å². The summed E-state index contributed by atoms with van der Waals surface area (Å²) >= 11 is 0. The second kappa shape index (κ2) is 4.11. The van der Waals surface area contributed by atoms with Gasteiger partial charge in [-0.05, 0) is 17.9 Å². The smallest absolute Gasteiger partial charge is 0.0856 e. The van der Waals surface area contributed by atoms with Gasteiger partial charge < -0.3 is 9.84 Å². The van der Waals surface area contributed by atoms with Crippen LogP contribution < -0.4 is 0 Å². The summed E-state index contributed by atoms with van der Waals surface area (Å²) in [6, 6.07) is 10.2.